The van der Waals surface area contributed by atoms with Crippen molar-refractivity contribution in [2.75, 3.05) is 23.4 Å². The molecule has 1 aliphatic carbocycles. The Kier molecular flexibility index (Phi) is 7.56. The van der Waals surface area contributed by atoms with Gasteiger partial charge in [-0.2, -0.15) is 0 Å². The molecule has 0 fully saturated rings. The molecule has 1 N–H and O–H groups in total. The van der Waals surface area contributed by atoms with Gasteiger partial charge in [0, 0.05) is 50.7 Å². The lowest BCUT2D eigenvalue weighted by molar-refractivity contribution is -0.141. The zero-order valence-electron chi connectivity index (χ0n) is 25.3. The van der Waals surface area contributed by atoms with E-state index in [0.717, 1.165) is 18.4 Å². The number of nitrogens with zero attached hydrogens (tertiary/aromatic N) is 5. The van der Waals surface area contributed by atoms with Gasteiger partial charge in [0.1, 0.15) is 29.3 Å². The third-order valence-corrected chi connectivity index (χ3v) is 8.32. The summed E-state index contributed by atoms with van der Waals surface area (Å²) in [5.41, 5.74) is 5.50. The van der Waals surface area contributed by atoms with Crippen LogP contribution in [0.25, 0.3) is 11.1 Å². The minimum atomic E-state index is -0.504. The Balaban J connectivity index is 1.43. The zero-order valence-corrected chi connectivity index (χ0v) is 25.3. The van der Waals surface area contributed by atoms with Crippen LogP contribution in [0, 0.1) is 11.2 Å². The van der Waals surface area contributed by atoms with Gasteiger partial charge < -0.3 is 24.1 Å². The first-order valence-electron chi connectivity index (χ1n) is 14.7. The minimum absolute atomic E-state index is 0.163. The van der Waals surface area contributed by atoms with Crippen molar-refractivity contribution in [3.05, 3.63) is 87.7 Å². The fourth-order valence-corrected chi connectivity index (χ4v) is 6.44. The molecule has 0 unspecified atom stereocenters. The molecule has 2 aliphatic rings. The predicted octanol–water partition coefficient (Wildman–Crippen LogP) is 4.81. The monoisotopic (exact) mass is 598 g/mol. The van der Waals surface area contributed by atoms with Crippen LogP contribution in [-0.4, -0.2) is 44.1 Å². The molecule has 11 heteroatoms. The van der Waals surface area contributed by atoms with E-state index < -0.39 is 5.82 Å². The number of halogens is 1. The summed E-state index contributed by atoms with van der Waals surface area (Å²) in [7, 11) is 1.63. The molecule has 44 heavy (non-hydrogen) atoms. The molecular formula is C33H35FN6O4. The van der Waals surface area contributed by atoms with Crippen LogP contribution in [0.1, 0.15) is 54.5 Å². The van der Waals surface area contributed by atoms with Gasteiger partial charge in [0.15, 0.2) is 0 Å². The van der Waals surface area contributed by atoms with Crippen molar-refractivity contribution in [1.82, 2.24) is 19.1 Å². The smallest absolute Gasteiger partial charge is 0.302 e. The van der Waals surface area contributed by atoms with Gasteiger partial charge >= 0.3 is 5.97 Å². The summed E-state index contributed by atoms with van der Waals surface area (Å²) in [4.78, 5) is 48.2. The standard InChI is InChI=1S/C33H35FN6O4/c1-20(41)44-11-5-6-24-25(22-12-26(31(42)38(4)18-22)37-30-7-8-35-19-36-30)14-23(34)15-27(24)40-10-9-39-28(32(40)43)13-21-16-33(2,3)17-29(21)39/h7-8,12-15,18-19H,5-6,9-11,16-17H2,1-4H3,(H,35,36,37). The number of hydrogen-bond acceptors (Lipinski definition) is 7. The van der Waals surface area contributed by atoms with E-state index in [2.05, 4.69) is 33.7 Å². The molecule has 0 saturated heterocycles. The number of carbonyl (C=O) groups excluding carboxylic acids is 2. The second kappa shape index (κ2) is 11.4. The maximum absolute atomic E-state index is 15.5. The Morgan fingerprint density at radius 3 is 2.70 bits per heavy atom. The van der Waals surface area contributed by atoms with Crippen molar-refractivity contribution >= 4 is 29.1 Å². The summed E-state index contributed by atoms with van der Waals surface area (Å²) < 4.78 is 24.2. The quantitative estimate of drug-likeness (QED) is 0.229. The summed E-state index contributed by atoms with van der Waals surface area (Å²) in [6, 6.07) is 8.12. The van der Waals surface area contributed by atoms with E-state index in [1.807, 2.05) is 6.07 Å². The highest BCUT2D eigenvalue weighted by molar-refractivity contribution is 6.07. The predicted molar refractivity (Wildman–Crippen MR) is 165 cm³/mol. The summed E-state index contributed by atoms with van der Waals surface area (Å²) in [6.45, 7) is 7.01. The van der Waals surface area contributed by atoms with Crippen molar-refractivity contribution in [2.45, 2.75) is 53.0 Å². The Morgan fingerprint density at radius 1 is 1.14 bits per heavy atom. The molecule has 1 aromatic carbocycles. The van der Waals surface area contributed by atoms with Crippen molar-refractivity contribution in [1.29, 1.82) is 0 Å². The number of anilines is 3. The molecule has 0 atom stereocenters. The van der Waals surface area contributed by atoms with Gasteiger partial charge in [-0.1, -0.05) is 13.8 Å². The van der Waals surface area contributed by atoms with E-state index in [9.17, 15) is 14.4 Å². The zero-order chi connectivity index (χ0) is 31.2. The molecule has 0 radical (unpaired) electrons. The summed E-state index contributed by atoms with van der Waals surface area (Å²) in [5, 5.41) is 3.04. The topological polar surface area (TPSA) is 111 Å². The third-order valence-electron chi connectivity index (χ3n) is 8.32. The maximum atomic E-state index is 15.5. The minimum Gasteiger partial charge on any atom is -0.466 e. The van der Waals surface area contributed by atoms with E-state index in [1.165, 1.54) is 41.2 Å². The summed E-state index contributed by atoms with van der Waals surface area (Å²) >= 11 is 0. The van der Waals surface area contributed by atoms with E-state index in [1.54, 1.807) is 36.5 Å². The highest BCUT2D eigenvalue weighted by Gasteiger charge is 2.37. The number of nitrogens with one attached hydrogen (secondary N) is 1. The third kappa shape index (κ3) is 5.61. The number of rotatable bonds is 8. The van der Waals surface area contributed by atoms with Crippen LogP contribution in [0.5, 0.6) is 0 Å². The van der Waals surface area contributed by atoms with Gasteiger partial charge in [-0.3, -0.25) is 14.4 Å². The number of benzene rings is 1. The lowest BCUT2D eigenvalue weighted by atomic mass is 9.90. The number of ether oxygens (including phenoxy) is 1. The lowest BCUT2D eigenvalue weighted by Crippen LogP contribution is -2.41. The first-order chi connectivity index (χ1) is 21.0. The van der Waals surface area contributed by atoms with Crippen LogP contribution >= 0.6 is 0 Å². The molecule has 0 bridgehead atoms. The molecule has 4 heterocycles. The van der Waals surface area contributed by atoms with Gasteiger partial charge in [-0.05, 0) is 78.1 Å². The Bertz CT molecular complexity index is 1830. The number of hydrogen-bond donors (Lipinski definition) is 1. The highest BCUT2D eigenvalue weighted by atomic mass is 19.1. The van der Waals surface area contributed by atoms with Crippen LogP contribution < -0.4 is 15.8 Å². The lowest BCUT2D eigenvalue weighted by Gasteiger charge is -2.32. The molecule has 1 amide bonds. The molecule has 1 aliphatic heterocycles. The highest BCUT2D eigenvalue weighted by Crippen LogP contribution is 2.41. The molecule has 228 valence electrons. The Labute approximate surface area is 254 Å². The number of carbonyl (C=O) groups is 2. The summed E-state index contributed by atoms with van der Waals surface area (Å²) in [5.74, 6) is -0.622. The van der Waals surface area contributed by atoms with Gasteiger partial charge in [-0.15, -0.1) is 0 Å². The van der Waals surface area contributed by atoms with E-state index in [4.69, 9.17) is 4.74 Å². The van der Waals surface area contributed by atoms with Gasteiger partial charge in [0.2, 0.25) is 0 Å². The number of aromatic nitrogens is 4. The summed E-state index contributed by atoms with van der Waals surface area (Å²) in [6.07, 6.45) is 7.29. The number of pyridine rings is 1. The van der Waals surface area contributed by atoms with Crippen molar-refractivity contribution in [3.8, 4) is 11.1 Å². The number of esters is 1. The number of aryl methyl sites for hydroxylation is 1. The van der Waals surface area contributed by atoms with Crippen molar-refractivity contribution in [2.24, 2.45) is 12.5 Å². The molecule has 10 nitrogen and oxygen atoms in total. The van der Waals surface area contributed by atoms with E-state index in [-0.39, 0.29) is 35.1 Å². The number of amides is 1. The Morgan fingerprint density at radius 2 is 1.95 bits per heavy atom. The number of fused-ring (bicyclic) bond motifs is 3. The maximum Gasteiger partial charge on any atom is 0.302 e. The van der Waals surface area contributed by atoms with Gasteiger partial charge in [0.25, 0.3) is 11.5 Å². The fraction of sp³-hybridized carbons (Fsp3) is 0.364. The van der Waals surface area contributed by atoms with Crippen LogP contribution in [0.2, 0.25) is 0 Å². The average Bonchev–Trinajstić information content (AvgIpc) is 3.46. The second-order valence-corrected chi connectivity index (χ2v) is 12.3. The molecular weight excluding hydrogens is 563 g/mol. The molecule has 0 saturated carbocycles. The molecule has 0 spiro atoms. The molecule has 6 rings (SSSR count). The fourth-order valence-electron chi connectivity index (χ4n) is 6.44. The first-order valence-corrected chi connectivity index (χ1v) is 14.7. The average molecular weight is 599 g/mol. The van der Waals surface area contributed by atoms with Crippen LogP contribution in [0.3, 0.4) is 0 Å². The SMILES string of the molecule is CC(=O)OCCCc1c(-c2cc(Nc3ccncn3)c(=O)n(C)c2)cc(F)cc1N1CCn2c(cc3c2CC(C)(C)C3)C1=O. The van der Waals surface area contributed by atoms with Crippen LogP contribution in [-0.2, 0) is 42.4 Å². The van der Waals surface area contributed by atoms with Crippen LogP contribution in [0.15, 0.2) is 53.8 Å². The van der Waals surface area contributed by atoms with Gasteiger partial charge in [-0.25, -0.2) is 14.4 Å². The second-order valence-electron chi connectivity index (χ2n) is 12.3. The molecule has 3 aromatic heterocycles. The van der Waals surface area contributed by atoms with E-state index in [0.29, 0.717) is 54.3 Å². The Hall–Kier alpha value is -4.80. The van der Waals surface area contributed by atoms with Gasteiger partial charge in [0.05, 0.1) is 12.3 Å². The molecule has 4 aromatic rings. The van der Waals surface area contributed by atoms with Crippen molar-refractivity contribution in [3.63, 3.8) is 0 Å². The van der Waals surface area contributed by atoms with Crippen LogP contribution in [0.4, 0.5) is 21.6 Å². The van der Waals surface area contributed by atoms with Crippen molar-refractivity contribution < 1.29 is 18.7 Å². The van der Waals surface area contributed by atoms with E-state index >= 15 is 4.39 Å². The normalized spacial score (nSPS) is 15.2. The first kappa shape index (κ1) is 29.3. The largest absolute Gasteiger partial charge is 0.466 e.